The van der Waals surface area contributed by atoms with Crippen LogP contribution >= 0.6 is 0 Å². The van der Waals surface area contributed by atoms with Gasteiger partial charge in [0.15, 0.2) is 6.29 Å². The zero-order valence-corrected chi connectivity index (χ0v) is 22.2. The molecule has 0 bridgehead atoms. The predicted octanol–water partition coefficient (Wildman–Crippen LogP) is 4.39. The van der Waals surface area contributed by atoms with E-state index in [1.54, 1.807) is 9.80 Å². The average molecular weight is 504 g/mol. The summed E-state index contributed by atoms with van der Waals surface area (Å²) in [7, 11) is 0. The van der Waals surface area contributed by atoms with Crippen molar-refractivity contribution in [2.75, 3.05) is 13.1 Å². The Morgan fingerprint density at radius 3 is 2.49 bits per heavy atom. The number of hydrogen-bond donors (Lipinski definition) is 1. The predicted molar refractivity (Wildman–Crippen MR) is 143 cm³/mol. The average Bonchev–Trinajstić information content (AvgIpc) is 3.16. The van der Waals surface area contributed by atoms with Crippen molar-refractivity contribution in [1.29, 1.82) is 0 Å². The van der Waals surface area contributed by atoms with Gasteiger partial charge in [0.2, 0.25) is 11.8 Å². The molecule has 2 unspecified atom stereocenters. The number of carbonyl (C=O) groups is 2. The number of nitrogens with zero attached hydrogens (tertiary/aromatic N) is 3. The molecular formula is C30H37N3O4. The van der Waals surface area contributed by atoms with E-state index in [0.29, 0.717) is 31.6 Å². The van der Waals surface area contributed by atoms with Crippen molar-refractivity contribution in [3.05, 3.63) is 70.9 Å². The fourth-order valence-corrected chi connectivity index (χ4v) is 5.53. The highest BCUT2D eigenvalue weighted by molar-refractivity contribution is 5.97. The van der Waals surface area contributed by atoms with Crippen molar-refractivity contribution >= 4 is 22.7 Å². The number of aliphatic hydroxyl groups excluding tert-OH is 1. The molecule has 0 radical (unpaired) electrons. The van der Waals surface area contributed by atoms with Crippen molar-refractivity contribution in [3.63, 3.8) is 0 Å². The summed E-state index contributed by atoms with van der Waals surface area (Å²) in [6, 6.07) is 15.7. The molecule has 2 aromatic carbocycles. The van der Waals surface area contributed by atoms with E-state index in [9.17, 15) is 14.7 Å². The van der Waals surface area contributed by atoms with E-state index in [2.05, 4.69) is 23.6 Å². The fraction of sp³-hybridized carbons (Fsp3) is 0.467. The SMILES string of the molecule is CCCCN1CC(=O)N2Cc3c(c4ccccc4n3Cc3ccc(C(O)OC(C)(C)C)cc3)CC2C1=O. The van der Waals surface area contributed by atoms with Crippen LogP contribution < -0.4 is 0 Å². The lowest BCUT2D eigenvalue weighted by atomic mass is 9.93. The second-order valence-corrected chi connectivity index (χ2v) is 11.2. The molecule has 196 valence electrons. The third kappa shape index (κ3) is 5.03. The standard InChI is InChI=1S/C30H37N3O4/c1-5-6-15-31-19-27(34)33-18-26-23(16-25(33)28(31)35)22-9-7-8-10-24(22)32(26)17-20-11-13-21(14-12-20)29(36)37-30(2,3)4/h7-14,25,29,36H,5-6,15-19H2,1-4H3. The molecule has 2 atom stereocenters. The normalized spacial score (nSPS) is 18.8. The summed E-state index contributed by atoms with van der Waals surface area (Å²) < 4.78 is 7.96. The zero-order chi connectivity index (χ0) is 26.3. The number of aromatic nitrogens is 1. The van der Waals surface area contributed by atoms with E-state index in [4.69, 9.17) is 4.74 Å². The smallest absolute Gasteiger partial charge is 0.246 e. The summed E-state index contributed by atoms with van der Waals surface area (Å²) in [4.78, 5) is 30.0. The van der Waals surface area contributed by atoms with Gasteiger partial charge in [-0.05, 0) is 44.4 Å². The maximum Gasteiger partial charge on any atom is 0.246 e. The molecule has 1 saturated heterocycles. The van der Waals surface area contributed by atoms with Crippen LogP contribution in [0.4, 0.5) is 0 Å². The minimum atomic E-state index is -0.981. The summed E-state index contributed by atoms with van der Waals surface area (Å²) in [5.41, 5.74) is 4.73. The van der Waals surface area contributed by atoms with Crippen molar-refractivity contribution in [3.8, 4) is 0 Å². The Kier molecular flexibility index (Phi) is 6.86. The molecule has 1 N–H and O–H groups in total. The number of amides is 2. The second kappa shape index (κ2) is 9.95. The van der Waals surface area contributed by atoms with Crippen LogP contribution in [0.5, 0.6) is 0 Å². The quantitative estimate of drug-likeness (QED) is 0.485. The van der Waals surface area contributed by atoms with Gasteiger partial charge in [0.05, 0.1) is 18.7 Å². The monoisotopic (exact) mass is 503 g/mol. The molecule has 1 fully saturated rings. The first-order valence-corrected chi connectivity index (χ1v) is 13.3. The van der Waals surface area contributed by atoms with E-state index >= 15 is 0 Å². The molecule has 0 spiro atoms. The Labute approximate surface area is 218 Å². The Morgan fingerprint density at radius 2 is 1.78 bits per heavy atom. The molecule has 7 nitrogen and oxygen atoms in total. The number of para-hydroxylation sites is 1. The van der Waals surface area contributed by atoms with E-state index in [1.165, 1.54) is 5.56 Å². The van der Waals surface area contributed by atoms with Crippen molar-refractivity contribution in [2.24, 2.45) is 0 Å². The van der Waals surface area contributed by atoms with Gasteiger partial charge < -0.3 is 24.2 Å². The number of benzene rings is 2. The number of fused-ring (bicyclic) bond motifs is 4. The first kappa shape index (κ1) is 25.5. The molecule has 3 aromatic rings. The van der Waals surface area contributed by atoms with Gasteiger partial charge >= 0.3 is 0 Å². The highest BCUT2D eigenvalue weighted by Crippen LogP contribution is 2.35. The fourth-order valence-electron chi connectivity index (χ4n) is 5.53. The molecule has 7 heteroatoms. The van der Waals surface area contributed by atoms with Gasteiger partial charge in [-0.15, -0.1) is 0 Å². The van der Waals surface area contributed by atoms with Gasteiger partial charge in [-0.25, -0.2) is 0 Å². The summed E-state index contributed by atoms with van der Waals surface area (Å²) in [6.07, 6.45) is 1.47. The van der Waals surface area contributed by atoms with Crippen LogP contribution in [0, 0.1) is 0 Å². The molecule has 37 heavy (non-hydrogen) atoms. The van der Waals surface area contributed by atoms with Crippen LogP contribution in [0.3, 0.4) is 0 Å². The van der Waals surface area contributed by atoms with Gasteiger partial charge in [-0.2, -0.15) is 0 Å². The Balaban J connectivity index is 1.45. The number of aliphatic hydroxyl groups is 1. The van der Waals surface area contributed by atoms with Crippen LogP contribution in [0.25, 0.3) is 10.9 Å². The molecule has 2 amide bonds. The number of piperazine rings is 1. The summed E-state index contributed by atoms with van der Waals surface area (Å²) in [5, 5.41) is 11.6. The Morgan fingerprint density at radius 1 is 1.05 bits per heavy atom. The minimum Gasteiger partial charge on any atom is -0.364 e. The Bertz CT molecular complexity index is 1300. The topological polar surface area (TPSA) is 75.0 Å². The van der Waals surface area contributed by atoms with E-state index in [0.717, 1.165) is 35.0 Å². The van der Waals surface area contributed by atoms with Gasteiger partial charge in [-0.1, -0.05) is 55.8 Å². The summed E-state index contributed by atoms with van der Waals surface area (Å²) >= 11 is 0. The van der Waals surface area contributed by atoms with Gasteiger partial charge in [-0.3, -0.25) is 9.59 Å². The Hall–Kier alpha value is -3.16. The molecule has 0 aliphatic carbocycles. The number of rotatable bonds is 7. The molecule has 2 aliphatic heterocycles. The number of carbonyl (C=O) groups excluding carboxylic acids is 2. The second-order valence-electron chi connectivity index (χ2n) is 11.2. The minimum absolute atomic E-state index is 0.0281. The van der Waals surface area contributed by atoms with E-state index in [-0.39, 0.29) is 18.4 Å². The highest BCUT2D eigenvalue weighted by atomic mass is 16.6. The van der Waals surface area contributed by atoms with Crippen molar-refractivity contribution in [2.45, 2.75) is 78.0 Å². The lowest BCUT2D eigenvalue weighted by Crippen LogP contribution is -2.61. The number of ether oxygens (including phenoxy) is 1. The van der Waals surface area contributed by atoms with E-state index < -0.39 is 17.9 Å². The molecule has 1 aromatic heterocycles. The zero-order valence-electron chi connectivity index (χ0n) is 22.2. The molecule has 3 heterocycles. The van der Waals surface area contributed by atoms with Crippen LogP contribution in [0.15, 0.2) is 48.5 Å². The van der Waals surface area contributed by atoms with Crippen LogP contribution in [0.2, 0.25) is 0 Å². The maximum absolute atomic E-state index is 13.3. The van der Waals surface area contributed by atoms with E-state index in [1.807, 2.05) is 57.2 Å². The maximum atomic E-state index is 13.3. The molecular weight excluding hydrogens is 466 g/mol. The molecule has 2 aliphatic rings. The van der Waals surface area contributed by atoms with Gasteiger partial charge in [0.1, 0.15) is 6.04 Å². The van der Waals surface area contributed by atoms with Crippen LogP contribution in [-0.2, 0) is 33.8 Å². The molecule has 5 rings (SSSR count). The van der Waals surface area contributed by atoms with Gasteiger partial charge in [0, 0.05) is 41.7 Å². The number of hydrogen-bond acceptors (Lipinski definition) is 4. The molecule has 0 saturated carbocycles. The first-order valence-electron chi connectivity index (χ1n) is 13.3. The van der Waals surface area contributed by atoms with Gasteiger partial charge in [0.25, 0.3) is 0 Å². The largest absolute Gasteiger partial charge is 0.364 e. The van der Waals surface area contributed by atoms with Crippen molar-refractivity contribution in [1.82, 2.24) is 14.4 Å². The van der Waals surface area contributed by atoms with Crippen molar-refractivity contribution < 1.29 is 19.4 Å². The summed E-state index contributed by atoms with van der Waals surface area (Å²) in [5.74, 6) is 0.0995. The third-order valence-corrected chi connectivity index (χ3v) is 7.38. The highest BCUT2D eigenvalue weighted by Gasteiger charge is 2.43. The lowest BCUT2D eigenvalue weighted by molar-refractivity contribution is -0.169. The third-order valence-electron chi connectivity index (χ3n) is 7.38. The number of unbranched alkanes of at least 4 members (excludes halogenated alkanes) is 1. The lowest BCUT2D eigenvalue weighted by Gasteiger charge is -2.43. The first-order chi connectivity index (χ1) is 17.7. The van der Waals surface area contributed by atoms with Crippen LogP contribution in [-0.4, -0.2) is 56.0 Å². The summed E-state index contributed by atoms with van der Waals surface area (Å²) in [6.45, 7) is 9.74. The van der Waals surface area contributed by atoms with Crippen LogP contribution in [0.1, 0.15) is 69.2 Å².